The van der Waals surface area contributed by atoms with Crippen LogP contribution in [-0.4, -0.2) is 37.8 Å². The van der Waals surface area contributed by atoms with Gasteiger partial charge in [-0.15, -0.1) is 0 Å². The van der Waals surface area contributed by atoms with Gasteiger partial charge in [0.1, 0.15) is 12.0 Å². The number of rotatable bonds is 8. The van der Waals surface area contributed by atoms with E-state index in [1.54, 1.807) is 0 Å². The number of carbonyl (C=O) groups excluding carboxylic acids is 1. The molecule has 30 heavy (non-hydrogen) atoms. The average Bonchev–Trinajstić information content (AvgIpc) is 2.74. The molecule has 0 aliphatic heterocycles. The molecule has 0 saturated carbocycles. The topological polar surface area (TPSA) is 38.8 Å². The number of ether oxygens (including phenoxy) is 2. The van der Waals surface area contributed by atoms with Crippen molar-refractivity contribution < 1.29 is 14.3 Å². The Morgan fingerprint density at radius 3 is 2.43 bits per heavy atom. The maximum absolute atomic E-state index is 12.5. The van der Waals surface area contributed by atoms with Crippen LogP contribution in [0.3, 0.4) is 0 Å². The number of hydrogen-bond acceptors (Lipinski definition) is 5. The zero-order chi connectivity index (χ0) is 21.5. The highest BCUT2D eigenvalue weighted by molar-refractivity contribution is 8.04. The molecule has 0 fully saturated rings. The van der Waals surface area contributed by atoms with Crippen LogP contribution in [0.25, 0.3) is 16.8 Å². The Hall–Kier alpha value is -2.76. The highest BCUT2D eigenvalue weighted by Crippen LogP contribution is 2.30. The molecular formula is C25H27NO3S. The summed E-state index contributed by atoms with van der Waals surface area (Å²) in [5.74, 6) is 0.520. The zero-order valence-corrected chi connectivity index (χ0v) is 18.6. The highest BCUT2D eigenvalue weighted by atomic mass is 32.2. The summed E-state index contributed by atoms with van der Waals surface area (Å²) in [5.41, 5.74) is 0.948. The quantitative estimate of drug-likeness (QED) is 0.198. The van der Waals surface area contributed by atoms with E-state index in [-0.39, 0.29) is 12.2 Å². The van der Waals surface area contributed by atoms with Crippen LogP contribution in [0.5, 0.6) is 5.75 Å². The Bertz CT molecular complexity index is 1030. The molecule has 0 aliphatic rings. The Balaban J connectivity index is 1.88. The molecule has 5 heteroatoms. The maximum atomic E-state index is 12.5. The minimum atomic E-state index is -0.312. The van der Waals surface area contributed by atoms with Gasteiger partial charge in [-0.2, -0.15) is 0 Å². The van der Waals surface area contributed by atoms with Gasteiger partial charge in [-0.1, -0.05) is 48.2 Å². The standard InChI is InChI=1S/C25H27NO3S/c1-5-28-25(27)24(30-23-9-7-6-8-10-23)16-19-11-12-21-17-22(14-13-20(21)15-19)29-18(2)26(3)4/h6-18H,5H2,1-4H3/b24-16-. The van der Waals surface area contributed by atoms with Crippen molar-refractivity contribution in [1.29, 1.82) is 0 Å². The molecule has 0 spiro atoms. The largest absolute Gasteiger partial charge is 0.475 e. The Morgan fingerprint density at radius 1 is 1.03 bits per heavy atom. The third-order valence-electron chi connectivity index (χ3n) is 4.62. The third-order valence-corrected chi connectivity index (χ3v) is 5.63. The summed E-state index contributed by atoms with van der Waals surface area (Å²) < 4.78 is 11.2. The molecule has 3 aromatic rings. The highest BCUT2D eigenvalue weighted by Gasteiger charge is 2.13. The van der Waals surface area contributed by atoms with Crippen molar-refractivity contribution in [3.63, 3.8) is 0 Å². The van der Waals surface area contributed by atoms with Crippen LogP contribution < -0.4 is 4.74 Å². The Labute approximate surface area is 182 Å². The third kappa shape index (κ3) is 5.88. The number of fused-ring (bicyclic) bond motifs is 1. The van der Waals surface area contributed by atoms with Crippen LogP contribution >= 0.6 is 11.8 Å². The molecule has 3 rings (SSSR count). The van der Waals surface area contributed by atoms with Crippen molar-refractivity contribution in [1.82, 2.24) is 4.90 Å². The molecule has 0 amide bonds. The van der Waals surface area contributed by atoms with Crippen molar-refractivity contribution in [2.24, 2.45) is 0 Å². The average molecular weight is 422 g/mol. The van der Waals surface area contributed by atoms with Crippen molar-refractivity contribution in [2.45, 2.75) is 25.0 Å². The molecule has 1 atom stereocenters. The van der Waals surface area contributed by atoms with Crippen molar-refractivity contribution in [2.75, 3.05) is 20.7 Å². The molecule has 4 nitrogen and oxygen atoms in total. The normalized spacial score (nSPS) is 12.8. The molecule has 0 heterocycles. The van der Waals surface area contributed by atoms with Gasteiger partial charge in [-0.05, 0) is 80.7 Å². The number of carbonyl (C=O) groups is 1. The van der Waals surface area contributed by atoms with Crippen LogP contribution in [0.1, 0.15) is 19.4 Å². The lowest BCUT2D eigenvalue weighted by atomic mass is 10.1. The number of thioether (sulfide) groups is 1. The second kappa shape index (κ2) is 10.3. The summed E-state index contributed by atoms with van der Waals surface area (Å²) in [6.45, 7) is 4.17. The number of benzene rings is 3. The lowest BCUT2D eigenvalue weighted by molar-refractivity contribution is -0.137. The predicted octanol–water partition coefficient (Wildman–Crippen LogP) is 5.82. The van der Waals surface area contributed by atoms with E-state index in [2.05, 4.69) is 6.07 Å². The first-order valence-electron chi connectivity index (χ1n) is 9.95. The molecule has 0 bridgehead atoms. The Morgan fingerprint density at radius 2 is 1.73 bits per heavy atom. The Kier molecular flexibility index (Phi) is 7.55. The fourth-order valence-corrected chi connectivity index (χ4v) is 3.69. The van der Waals surface area contributed by atoms with Gasteiger partial charge in [0, 0.05) is 4.90 Å². The molecule has 0 aliphatic carbocycles. The van der Waals surface area contributed by atoms with E-state index >= 15 is 0 Å². The lowest BCUT2D eigenvalue weighted by Crippen LogP contribution is -2.30. The lowest BCUT2D eigenvalue weighted by Gasteiger charge is -2.21. The van der Waals surface area contributed by atoms with E-state index in [1.165, 1.54) is 11.8 Å². The predicted molar refractivity (Wildman–Crippen MR) is 125 cm³/mol. The molecule has 0 N–H and O–H groups in total. The first-order valence-corrected chi connectivity index (χ1v) is 10.8. The fourth-order valence-electron chi connectivity index (χ4n) is 2.81. The first-order chi connectivity index (χ1) is 14.5. The van der Waals surface area contributed by atoms with E-state index in [0.29, 0.717) is 11.5 Å². The number of nitrogens with zero attached hydrogens (tertiary/aromatic N) is 1. The monoisotopic (exact) mass is 421 g/mol. The van der Waals surface area contributed by atoms with E-state index in [9.17, 15) is 4.79 Å². The number of esters is 1. The fraction of sp³-hybridized carbons (Fsp3) is 0.240. The summed E-state index contributed by atoms with van der Waals surface area (Å²) in [6.07, 6.45) is 1.87. The van der Waals surface area contributed by atoms with E-state index in [4.69, 9.17) is 9.47 Å². The van der Waals surface area contributed by atoms with Gasteiger partial charge >= 0.3 is 5.97 Å². The van der Waals surface area contributed by atoms with E-state index in [0.717, 1.165) is 27.0 Å². The van der Waals surface area contributed by atoms with Crippen molar-refractivity contribution >= 4 is 34.6 Å². The molecule has 0 saturated heterocycles. The summed E-state index contributed by atoms with van der Waals surface area (Å²) in [6, 6.07) is 22.0. The first kappa shape index (κ1) is 21.9. The second-order valence-corrected chi connectivity index (χ2v) is 8.21. The van der Waals surface area contributed by atoms with E-state index < -0.39 is 0 Å². The van der Waals surface area contributed by atoms with E-state index in [1.807, 2.05) is 99.6 Å². The van der Waals surface area contributed by atoms with Gasteiger partial charge in [0.05, 0.1) is 11.5 Å². The summed E-state index contributed by atoms with van der Waals surface area (Å²) >= 11 is 1.41. The van der Waals surface area contributed by atoms with Crippen LogP contribution in [0, 0.1) is 0 Å². The van der Waals surface area contributed by atoms with Crippen molar-refractivity contribution in [3.05, 3.63) is 77.2 Å². The maximum Gasteiger partial charge on any atom is 0.344 e. The SMILES string of the molecule is CCOC(=O)/C(=C/c1ccc2cc(OC(C)N(C)C)ccc2c1)Sc1ccccc1. The summed E-state index contributed by atoms with van der Waals surface area (Å²) in [4.78, 5) is 16.1. The molecule has 0 radical (unpaired) electrons. The minimum absolute atomic E-state index is 0.00759. The van der Waals surface area contributed by atoms with Gasteiger partial charge in [-0.25, -0.2) is 4.79 Å². The van der Waals surface area contributed by atoms with Crippen LogP contribution in [0.2, 0.25) is 0 Å². The van der Waals surface area contributed by atoms with Gasteiger partial charge in [0.25, 0.3) is 0 Å². The molecule has 3 aromatic carbocycles. The summed E-state index contributed by atoms with van der Waals surface area (Å²) in [7, 11) is 3.97. The van der Waals surface area contributed by atoms with Crippen LogP contribution in [-0.2, 0) is 9.53 Å². The van der Waals surface area contributed by atoms with Gasteiger partial charge in [-0.3, -0.25) is 4.90 Å². The molecular weight excluding hydrogens is 394 g/mol. The number of hydrogen-bond donors (Lipinski definition) is 0. The molecule has 1 unspecified atom stereocenters. The van der Waals surface area contributed by atoms with Crippen LogP contribution in [0.4, 0.5) is 0 Å². The second-order valence-electron chi connectivity index (χ2n) is 7.09. The van der Waals surface area contributed by atoms with Crippen molar-refractivity contribution in [3.8, 4) is 5.75 Å². The smallest absolute Gasteiger partial charge is 0.344 e. The zero-order valence-electron chi connectivity index (χ0n) is 17.8. The van der Waals surface area contributed by atoms with Gasteiger partial charge in [0.2, 0.25) is 0 Å². The molecule has 0 aromatic heterocycles. The summed E-state index contributed by atoms with van der Waals surface area (Å²) in [5, 5.41) is 2.17. The minimum Gasteiger partial charge on any atom is -0.475 e. The van der Waals surface area contributed by atoms with Crippen LogP contribution in [0.15, 0.2) is 76.5 Å². The van der Waals surface area contributed by atoms with Gasteiger partial charge < -0.3 is 9.47 Å². The van der Waals surface area contributed by atoms with Gasteiger partial charge in [0.15, 0.2) is 0 Å². The molecule has 156 valence electrons.